The first-order valence-corrected chi connectivity index (χ1v) is 16.3. The molecule has 47 heavy (non-hydrogen) atoms. The van der Waals surface area contributed by atoms with Crippen LogP contribution in [-0.4, -0.2) is 47.3 Å². The number of allylic oxidation sites excluding steroid dienone is 1. The first-order valence-electron chi connectivity index (χ1n) is 16.3. The number of ether oxygens (including phenoxy) is 3. The lowest BCUT2D eigenvalue weighted by atomic mass is 9.72. The molecular weight excluding hydrogens is 596 g/mol. The van der Waals surface area contributed by atoms with Gasteiger partial charge in [-0.1, -0.05) is 82.0 Å². The minimum atomic E-state index is -1.76. The van der Waals surface area contributed by atoms with E-state index in [0.717, 1.165) is 0 Å². The van der Waals surface area contributed by atoms with Crippen molar-refractivity contribution in [2.45, 2.75) is 78.6 Å². The monoisotopic (exact) mass is 640 g/mol. The standard InChI is InChI=1S/C39H44O8/c1-22-18-30-31(38(30,6)7)20-33(46-37(44)28-16-12-9-13-17-28)24(3)35(45-25(4)40)34-29(19-32(42)27-14-10-8-11-15-27)23(2)21-39(34,36(22)43)47-26(5)41/h8-18,23,29-31,33-35H,3,19-21H2,1-2,4-7H3/b22-18+/t23-,29-,30-,31-,33+,34+,35-,39+/m0/s1. The Labute approximate surface area is 276 Å². The molecule has 8 heteroatoms. The Kier molecular flexibility index (Phi) is 9.45. The molecule has 8 atom stereocenters. The van der Waals surface area contributed by atoms with Crippen LogP contribution in [0.3, 0.4) is 0 Å². The number of benzene rings is 2. The van der Waals surface area contributed by atoms with Crippen LogP contribution in [0.15, 0.2) is 84.5 Å². The molecular formula is C39H44O8. The summed E-state index contributed by atoms with van der Waals surface area (Å²) >= 11 is 0. The number of rotatable bonds is 7. The van der Waals surface area contributed by atoms with Crippen LogP contribution in [0.25, 0.3) is 0 Å². The Morgan fingerprint density at radius 2 is 1.49 bits per heavy atom. The molecule has 3 aliphatic rings. The summed E-state index contributed by atoms with van der Waals surface area (Å²) in [7, 11) is 0. The van der Waals surface area contributed by atoms with Gasteiger partial charge in [0.2, 0.25) is 5.78 Å². The maximum absolute atomic E-state index is 14.7. The number of fused-ring (bicyclic) bond motifs is 2. The second-order valence-corrected chi connectivity index (χ2v) is 14.1. The van der Waals surface area contributed by atoms with Crippen molar-refractivity contribution in [2.24, 2.45) is 35.0 Å². The summed E-state index contributed by atoms with van der Waals surface area (Å²) in [4.78, 5) is 67.7. The molecule has 0 heterocycles. The van der Waals surface area contributed by atoms with Gasteiger partial charge in [0.05, 0.1) is 11.5 Å². The number of hydrogen-bond acceptors (Lipinski definition) is 8. The van der Waals surface area contributed by atoms with Gasteiger partial charge in [0.15, 0.2) is 11.4 Å². The van der Waals surface area contributed by atoms with E-state index < -0.39 is 47.6 Å². The summed E-state index contributed by atoms with van der Waals surface area (Å²) in [5.74, 6) is -4.26. The predicted molar refractivity (Wildman–Crippen MR) is 175 cm³/mol. The topological polar surface area (TPSA) is 113 Å². The van der Waals surface area contributed by atoms with E-state index in [1.165, 1.54) is 13.8 Å². The van der Waals surface area contributed by atoms with E-state index in [9.17, 15) is 24.0 Å². The fourth-order valence-electron chi connectivity index (χ4n) is 8.14. The van der Waals surface area contributed by atoms with E-state index in [0.29, 0.717) is 23.1 Å². The molecule has 2 fully saturated rings. The number of carbonyl (C=O) groups is 5. The quantitative estimate of drug-likeness (QED) is 0.142. The molecule has 248 valence electrons. The third kappa shape index (κ3) is 6.60. The van der Waals surface area contributed by atoms with E-state index in [-0.39, 0.29) is 53.1 Å². The Hall–Kier alpha value is -4.33. The van der Waals surface area contributed by atoms with E-state index in [2.05, 4.69) is 20.4 Å². The Balaban J connectivity index is 1.68. The molecule has 3 aliphatic carbocycles. The minimum absolute atomic E-state index is 0.00665. The van der Waals surface area contributed by atoms with Crippen LogP contribution in [0, 0.1) is 35.0 Å². The highest BCUT2D eigenvalue weighted by Gasteiger charge is 2.65. The van der Waals surface area contributed by atoms with Crippen LogP contribution in [0.5, 0.6) is 0 Å². The summed E-state index contributed by atoms with van der Waals surface area (Å²) < 4.78 is 18.4. The second kappa shape index (κ2) is 13.1. The normalized spacial score (nSPS) is 32.4. The van der Waals surface area contributed by atoms with Crippen molar-refractivity contribution in [3.63, 3.8) is 0 Å². The van der Waals surface area contributed by atoms with Crippen LogP contribution < -0.4 is 0 Å². The Morgan fingerprint density at radius 1 is 0.894 bits per heavy atom. The summed E-state index contributed by atoms with van der Waals surface area (Å²) in [6, 6.07) is 17.4. The predicted octanol–water partition coefficient (Wildman–Crippen LogP) is 6.74. The van der Waals surface area contributed by atoms with E-state index in [1.54, 1.807) is 61.5 Å². The molecule has 0 spiro atoms. The van der Waals surface area contributed by atoms with E-state index in [1.807, 2.05) is 19.1 Å². The molecule has 0 aliphatic heterocycles. The van der Waals surface area contributed by atoms with Crippen LogP contribution in [0.1, 0.15) is 81.5 Å². The lowest BCUT2D eigenvalue weighted by Crippen LogP contribution is -2.54. The molecule has 0 saturated heterocycles. The average Bonchev–Trinajstić information content (AvgIpc) is 3.41. The molecule has 2 aromatic carbocycles. The first kappa shape index (κ1) is 34.0. The molecule has 0 bridgehead atoms. The first-order chi connectivity index (χ1) is 22.2. The average molecular weight is 641 g/mol. The van der Waals surface area contributed by atoms with Crippen molar-refractivity contribution in [2.75, 3.05) is 0 Å². The van der Waals surface area contributed by atoms with Gasteiger partial charge in [-0.25, -0.2) is 4.79 Å². The zero-order chi connectivity index (χ0) is 34.3. The van der Waals surface area contributed by atoms with Crippen molar-refractivity contribution in [3.8, 4) is 0 Å². The van der Waals surface area contributed by atoms with Crippen molar-refractivity contribution in [3.05, 3.63) is 95.6 Å². The number of ketones is 2. The van der Waals surface area contributed by atoms with Crippen molar-refractivity contribution in [1.82, 2.24) is 0 Å². The lowest BCUT2D eigenvalue weighted by Gasteiger charge is -2.41. The number of hydrogen-bond donors (Lipinski definition) is 0. The number of carbonyl (C=O) groups excluding carboxylic acids is 5. The third-order valence-electron chi connectivity index (χ3n) is 10.6. The van der Waals surface area contributed by atoms with Crippen LogP contribution in [-0.2, 0) is 28.6 Å². The van der Waals surface area contributed by atoms with Gasteiger partial charge in [-0.15, -0.1) is 0 Å². The lowest BCUT2D eigenvalue weighted by molar-refractivity contribution is -0.177. The molecule has 2 aromatic rings. The fraction of sp³-hybridized carbons (Fsp3) is 0.462. The molecule has 2 saturated carbocycles. The molecule has 0 aromatic heterocycles. The largest absolute Gasteiger partial charge is 0.457 e. The van der Waals surface area contributed by atoms with Crippen molar-refractivity contribution < 1.29 is 38.2 Å². The maximum Gasteiger partial charge on any atom is 0.338 e. The van der Waals surface area contributed by atoms with Crippen molar-refractivity contribution >= 4 is 29.5 Å². The van der Waals surface area contributed by atoms with E-state index >= 15 is 0 Å². The van der Waals surface area contributed by atoms with E-state index in [4.69, 9.17) is 14.2 Å². The zero-order valence-electron chi connectivity index (χ0n) is 28.0. The van der Waals surface area contributed by atoms with Gasteiger partial charge in [0, 0.05) is 31.4 Å². The number of Topliss-reactive ketones (excluding diaryl/α,β-unsaturated/α-hetero) is 2. The molecule has 0 amide bonds. The second-order valence-electron chi connectivity index (χ2n) is 14.1. The maximum atomic E-state index is 14.7. The summed E-state index contributed by atoms with van der Waals surface area (Å²) in [5.41, 5.74) is -0.410. The zero-order valence-corrected chi connectivity index (χ0v) is 28.0. The molecule has 8 nitrogen and oxygen atoms in total. The van der Waals surface area contributed by atoms with Crippen molar-refractivity contribution in [1.29, 1.82) is 0 Å². The van der Waals surface area contributed by atoms with Gasteiger partial charge in [-0.3, -0.25) is 19.2 Å². The van der Waals surface area contributed by atoms with Gasteiger partial charge in [-0.05, 0) is 66.6 Å². The van der Waals surface area contributed by atoms with Gasteiger partial charge in [0.1, 0.15) is 12.2 Å². The smallest absolute Gasteiger partial charge is 0.338 e. The number of esters is 3. The SMILES string of the molecule is C=C1[C@H](OC(=O)c2ccccc2)C[C@H]2[C@H](/C=C(\C)C(=O)[C@@]3(OC(C)=O)C[C@H](C)[C@H](CC(=O)c4ccccc4)[C@@H]3[C@H]1OC(C)=O)C2(C)C. The minimum Gasteiger partial charge on any atom is -0.457 e. The van der Waals surface area contributed by atoms with Gasteiger partial charge in [-0.2, -0.15) is 0 Å². The highest BCUT2D eigenvalue weighted by Crippen LogP contribution is 2.63. The Bertz CT molecular complexity index is 1610. The van der Waals surface area contributed by atoms with Crippen LogP contribution in [0.2, 0.25) is 0 Å². The van der Waals surface area contributed by atoms with Crippen LogP contribution >= 0.6 is 0 Å². The molecule has 0 unspecified atom stereocenters. The Morgan fingerprint density at radius 3 is 2.06 bits per heavy atom. The fourth-order valence-corrected chi connectivity index (χ4v) is 8.14. The molecule has 5 rings (SSSR count). The van der Waals surface area contributed by atoms with Gasteiger partial charge < -0.3 is 14.2 Å². The summed E-state index contributed by atoms with van der Waals surface area (Å²) in [5, 5.41) is 0. The molecule has 0 radical (unpaired) electrons. The summed E-state index contributed by atoms with van der Waals surface area (Å²) in [6.45, 7) is 14.7. The van der Waals surface area contributed by atoms with Crippen LogP contribution in [0.4, 0.5) is 0 Å². The highest BCUT2D eigenvalue weighted by atomic mass is 16.6. The summed E-state index contributed by atoms with van der Waals surface area (Å²) in [6.07, 6.45) is 0.320. The third-order valence-corrected chi connectivity index (χ3v) is 10.6. The molecule has 0 N–H and O–H groups in total. The highest BCUT2D eigenvalue weighted by molar-refractivity contribution is 6.03. The van der Waals surface area contributed by atoms with Gasteiger partial charge >= 0.3 is 17.9 Å². The van der Waals surface area contributed by atoms with Gasteiger partial charge in [0.25, 0.3) is 0 Å².